The van der Waals surface area contributed by atoms with Crippen LogP contribution in [0.15, 0.2) is 48.5 Å². The first-order valence-electron chi connectivity index (χ1n) is 8.07. The van der Waals surface area contributed by atoms with Crippen molar-refractivity contribution in [1.29, 1.82) is 0 Å². The van der Waals surface area contributed by atoms with Crippen LogP contribution < -0.4 is 0 Å². The van der Waals surface area contributed by atoms with Crippen LogP contribution in [0.2, 0.25) is 0 Å². The second kappa shape index (κ2) is 6.43. The lowest BCUT2D eigenvalue weighted by Gasteiger charge is -2.28. The topological polar surface area (TPSA) is 63.9 Å². The highest BCUT2D eigenvalue weighted by Gasteiger charge is 2.21. The summed E-state index contributed by atoms with van der Waals surface area (Å²) in [5.74, 6) is 0.00560. The van der Waals surface area contributed by atoms with Crippen LogP contribution in [0, 0.1) is 5.82 Å². The molecule has 6 nitrogen and oxygen atoms in total. The molecule has 126 valence electrons. The number of fused-ring (bicyclic) bond motifs is 1. The van der Waals surface area contributed by atoms with Gasteiger partial charge in [0.25, 0.3) is 0 Å². The fourth-order valence-electron chi connectivity index (χ4n) is 2.95. The fourth-order valence-corrected chi connectivity index (χ4v) is 2.95. The van der Waals surface area contributed by atoms with E-state index in [0.29, 0.717) is 24.5 Å². The number of halogens is 1. The number of amides is 1. The van der Waals surface area contributed by atoms with Gasteiger partial charge in [-0.2, -0.15) is 4.80 Å². The maximum Gasteiger partial charge on any atom is 0.246 e. The molecule has 3 aromatic rings. The van der Waals surface area contributed by atoms with Crippen LogP contribution in [0.4, 0.5) is 4.39 Å². The van der Waals surface area contributed by atoms with Crippen LogP contribution in [-0.2, 0) is 24.3 Å². The van der Waals surface area contributed by atoms with Crippen molar-refractivity contribution in [1.82, 2.24) is 25.1 Å². The molecule has 1 aliphatic heterocycles. The van der Waals surface area contributed by atoms with Crippen LogP contribution in [0.3, 0.4) is 0 Å². The third-order valence-corrected chi connectivity index (χ3v) is 4.32. The average Bonchev–Trinajstić information content (AvgIpc) is 3.10. The average molecular weight is 337 g/mol. The quantitative estimate of drug-likeness (QED) is 0.734. The Morgan fingerprint density at radius 3 is 2.64 bits per heavy atom. The molecule has 1 aliphatic rings. The van der Waals surface area contributed by atoms with Crippen molar-refractivity contribution >= 4 is 5.91 Å². The Balaban J connectivity index is 1.44. The molecule has 4 rings (SSSR count). The molecule has 0 spiro atoms. The Kier molecular flexibility index (Phi) is 3.97. The molecule has 2 heterocycles. The van der Waals surface area contributed by atoms with E-state index in [4.69, 9.17) is 0 Å². The zero-order valence-electron chi connectivity index (χ0n) is 13.5. The van der Waals surface area contributed by atoms with Gasteiger partial charge in [-0.25, -0.2) is 4.39 Å². The summed E-state index contributed by atoms with van der Waals surface area (Å²) >= 11 is 0. The number of carbonyl (C=O) groups is 1. The van der Waals surface area contributed by atoms with E-state index in [2.05, 4.69) is 27.5 Å². The summed E-state index contributed by atoms with van der Waals surface area (Å²) in [5.41, 5.74) is 3.14. The van der Waals surface area contributed by atoms with Crippen molar-refractivity contribution in [2.24, 2.45) is 0 Å². The van der Waals surface area contributed by atoms with Crippen LogP contribution >= 0.6 is 0 Å². The second-order valence-corrected chi connectivity index (χ2v) is 5.98. The highest BCUT2D eigenvalue weighted by Crippen LogP contribution is 2.19. The molecule has 7 heteroatoms. The van der Waals surface area contributed by atoms with Crippen molar-refractivity contribution in [2.75, 3.05) is 6.54 Å². The first-order valence-corrected chi connectivity index (χ1v) is 8.07. The predicted molar refractivity (Wildman–Crippen MR) is 88.8 cm³/mol. The minimum Gasteiger partial charge on any atom is -0.336 e. The molecule has 0 bridgehead atoms. The molecule has 0 atom stereocenters. The maximum atomic E-state index is 13.0. The van der Waals surface area contributed by atoms with Gasteiger partial charge in [0.15, 0.2) is 0 Å². The normalized spacial score (nSPS) is 13.6. The fraction of sp³-hybridized carbons (Fsp3) is 0.222. The van der Waals surface area contributed by atoms with E-state index >= 15 is 0 Å². The summed E-state index contributed by atoms with van der Waals surface area (Å²) in [6.07, 6.45) is 0.855. The molecule has 1 amide bonds. The SMILES string of the molecule is O=C(Cn1nnc(-c2ccc(F)cc2)n1)N1CCc2ccccc2C1. The van der Waals surface area contributed by atoms with E-state index in [9.17, 15) is 9.18 Å². The first kappa shape index (κ1) is 15.4. The van der Waals surface area contributed by atoms with Crippen molar-refractivity contribution < 1.29 is 9.18 Å². The molecule has 0 aliphatic carbocycles. The zero-order chi connectivity index (χ0) is 17.2. The molecule has 25 heavy (non-hydrogen) atoms. The Labute approximate surface area is 143 Å². The van der Waals surface area contributed by atoms with Gasteiger partial charge in [0.2, 0.25) is 11.7 Å². The van der Waals surface area contributed by atoms with Crippen molar-refractivity contribution in [3.05, 3.63) is 65.5 Å². The van der Waals surface area contributed by atoms with Gasteiger partial charge in [-0.3, -0.25) is 4.79 Å². The molecule has 0 unspecified atom stereocenters. The first-order chi connectivity index (χ1) is 12.2. The van der Waals surface area contributed by atoms with Gasteiger partial charge in [-0.15, -0.1) is 10.2 Å². The van der Waals surface area contributed by atoms with Crippen LogP contribution in [-0.4, -0.2) is 37.6 Å². The lowest BCUT2D eigenvalue weighted by Crippen LogP contribution is -2.38. The number of benzene rings is 2. The third kappa shape index (κ3) is 3.26. The number of hydrogen-bond acceptors (Lipinski definition) is 4. The Hall–Kier alpha value is -3.09. The predicted octanol–water partition coefficient (Wildman–Crippen LogP) is 2.06. The standard InChI is InChI=1S/C18H16FN5O/c19-16-7-5-14(6-8-16)18-20-22-24(21-18)12-17(25)23-10-9-13-3-1-2-4-15(13)11-23/h1-8H,9-12H2. The van der Waals surface area contributed by atoms with Gasteiger partial charge >= 0.3 is 0 Å². The summed E-state index contributed by atoms with van der Waals surface area (Å²) in [4.78, 5) is 15.6. The van der Waals surface area contributed by atoms with Gasteiger partial charge in [0, 0.05) is 18.7 Å². The van der Waals surface area contributed by atoms with E-state index < -0.39 is 0 Å². The van der Waals surface area contributed by atoms with Crippen LogP contribution in [0.25, 0.3) is 11.4 Å². The molecule has 0 saturated carbocycles. The largest absolute Gasteiger partial charge is 0.336 e. The molecule has 1 aromatic heterocycles. The second-order valence-electron chi connectivity index (χ2n) is 5.98. The Morgan fingerprint density at radius 1 is 1.08 bits per heavy atom. The minimum absolute atomic E-state index is 0.0381. The van der Waals surface area contributed by atoms with E-state index in [1.807, 2.05) is 17.0 Å². The van der Waals surface area contributed by atoms with Crippen LogP contribution in [0.5, 0.6) is 0 Å². The van der Waals surface area contributed by atoms with E-state index in [1.54, 1.807) is 12.1 Å². The summed E-state index contributed by atoms with van der Waals surface area (Å²) in [6.45, 7) is 1.33. The number of tetrazole rings is 1. The minimum atomic E-state index is -0.323. The van der Waals surface area contributed by atoms with E-state index in [1.165, 1.54) is 28.1 Å². The Morgan fingerprint density at radius 2 is 1.84 bits per heavy atom. The summed E-state index contributed by atoms with van der Waals surface area (Å²) in [5, 5.41) is 12.1. The molecular formula is C18H16FN5O. The molecular weight excluding hydrogens is 321 g/mol. The zero-order valence-corrected chi connectivity index (χ0v) is 13.5. The van der Waals surface area contributed by atoms with Crippen molar-refractivity contribution in [3.63, 3.8) is 0 Å². The Bertz CT molecular complexity index is 906. The van der Waals surface area contributed by atoms with Gasteiger partial charge in [0.1, 0.15) is 12.4 Å². The monoisotopic (exact) mass is 337 g/mol. The number of nitrogens with zero attached hydrogens (tertiary/aromatic N) is 5. The summed E-state index contributed by atoms with van der Waals surface area (Å²) in [6, 6.07) is 14.0. The maximum absolute atomic E-state index is 13.0. The number of rotatable bonds is 3. The highest BCUT2D eigenvalue weighted by atomic mass is 19.1. The molecule has 0 fully saturated rings. The highest BCUT2D eigenvalue weighted by molar-refractivity contribution is 5.76. The molecule has 2 aromatic carbocycles. The van der Waals surface area contributed by atoms with Gasteiger partial charge in [-0.1, -0.05) is 24.3 Å². The number of aromatic nitrogens is 4. The van der Waals surface area contributed by atoms with Gasteiger partial charge in [-0.05, 0) is 47.0 Å². The number of hydrogen-bond donors (Lipinski definition) is 0. The molecule has 0 saturated heterocycles. The van der Waals surface area contributed by atoms with Crippen molar-refractivity contribution in [3.8, 4) is 11.4 Å². The van der Waals surface area contributed by atoms with Gasteiger partial charge < -0.3 is 4.90 Å². The van der Waals surface area contributed by atoms with Crippen molar-refractivity contribution in [2.45, 2.75) is 19.5 Å². The lowest BCUT2D eigenvalue weighted by molar-refractivity contribution is -0.133. The lowest BCUT2D eigenvalue weighted by atomic mass is 10.00. The van der Waals surface area contributed by atoms with Gasteiger partial charge in [0.05, 0.1) is 0 Å². The summed E-state index contributed by atoms with van der Waals surface area (Å²) < 4.78 is 13.0. The molecule has 0 N–H and O–H groups in total. The molecule has 0 radical (unpaired) electrons. The van der Waals surface area contributed by atoms with E-state index in [-0.39, 0.29) is 18.3 Å². The van der Waals surface area contributed by atoms with E-state index in [0.717, 1.165) is 6.42 Å². The smallest absolute Gasteiger partial charge is 0.246 e. The van der Waals surface area contributed by atoms with Crippen LogP contribution in [0.1, 0.15) is 11.1 Å². The number of carbonyl (C=O) groups excluding carboxylic acids is 1. The summed E-state index contributed by atoms with van der Waals surface area (Å²) in [7, 11) is 0. The third-order valence-electron chi connectivity index (χ3n) is 4.32.